The Kier molecular flexibility index (Phi) is 9.25. The van der Waals surface area contributed by atoms with E-state index in [9.17, 15) is 0 Å². The van der Waals surface area contributed by atoms with Gasteiger partial charge in [0, 0.05) is 24.5 Å². The molecule has 13 heavy (non-hydrogen) atoms. The molecule has 0 rings (SSSR count). The summed E-state index contributed by atoms with van der Waals surface area (Å²) >= 11 is 3.47. The normalized spacial score (nSPS) is 13.6. The van der Waals surface area contributed by atoms with Gasteiger partial charge in [0.2, 0.25) is 0 Å². The molecule has 80 valence electrons. The standard InChI is InChI=1S/C10H22BrNO/c1-4-5-7-13-8-6-12(3)10(2)9-11/h10H,4-9H2,1-3H3. The number of unbranched alkanes of at least 4 members (excludes halogenated alkanes) is 1. The second-order valence-electron chi connectivity index (χ2n) is 3.45. The van der Waals surface area contributed by atoms with E-state index in [1.54, 1.807) is 0 Å². The van der Waals surface area contributed by atoms with Crippen LogP contribution < -0.4 is 0 Å². The summed E-state index contributed by atoms with van der Waals surface area (Å²) in [6.07, 6.45) is 2.39. The predicted octanol–water partition coefficient (Wildman–Crippen LogP) is 2.52. The van der Waals surface area contributed by atoms with Crippen molar-refractivity contribution in [2.45, 2.75) is 32.7 Å². The smallest absolute Gasteiger partial charge is 0.0593 e. The number of ether oxygens (including phenoxy) is 1. The molecule has 0 bridgehead atoms. The van der Waals surface area contributed by atoms with Crippen LogP contribution in [0.15, 0.2) is 0 Å². The van der Waals surface area contributed by atoms with Crippen LogP contribution in [0.5, 0.6) is 0 Å². The topological polar surface area (TPSA) is 12.5 Å². The van der Waals surface area contributed by atoms with Gasteiger partial charge in [-0.3, -0.25) is 0 Å². The van der Waals surface area contributed by atoms with Crippen molar-refractivity contribution in [1.82, 2.24) is 4.90 Å². The average molecular weight is 252 g/mol. The van der Waals surface area contributed by atoms with Crippen molar-refractivity contribution in [3.8, 4) is 0 Å². The lowest BCUT2D eigenvalue weighted by Gasteiger charge is -2.22. The number of rotatable bonds is 8. The molecule has 0 amide bonds. The SMILES string of the molecule is CCCCOCCN(C)C(C)CBr. The van der Waals surface area contributed by atoms with Crippen LogP contribution in [-0.2, 0) is 4.74 Å². The fourth-order valence-corrected chi connectivity index (χ4v) is 1.39. The van der Waals surface area contributed by atoms with E-state index >= 15 is 0 Å². The number of alkyl halides is 1. The van der Waals surface area contributed by atoms with E-state index in [1.807, 2.05) is 0 Å². The van der Waals surface area contributed by atoms with E-state index in [1.165, 1.54) is 12.8 Å². The minimum atomic E-state index is 0.592. The second-order valence-corrected chi connectivity index (χ2v) is 4.10. The summed E-state index contributed by atoms with van der Waals surface area (Å²) in [7, 11) is 2.13. The molecule has 0 saturated heterocycles. The number of likely N-dealkylation sites (N-methyl/N-ethyl adjacent to an activating group) is 1. The molecule has 0 radical (unpaired) electrons. The molecule has 0 heterocycles. The van der Waals surface area contributed by atoms with Crippen LogP contribution in [0.2, 0.25) is 0 Å². The first-order valence-corrected chi connectivity index (χ1v) is 6.18. The fraction of sp³-hybridized carbons (Fsp3) is 1.00. The summed E-state index contributed by atoms with van der Waals surface area (Å²) in [5.41, 5.74) is 0. The third kappa shape index (κ3) is 7.47. The zero-order valence-corrected chi connectivity index (χ0v) is 10.6. The van der Waals surface area contributed by atoms with E-state index in [-0.39, 0.29) is 0 Å². The molecule has 0 aromatic rings. The van der Waals surface area contributed by atoms with Gasteiger partial charge in [0.1, 0.15) is 0 Å². The minimum Gasteiger partial charge on any atom is -0.380 e. The molecule has 3 heteroatoms. The maximum Gasteiger partial charge on any atom is 0.0593 e. The Morgan fingerprint density at radius 1 is 1.38 bits per heavy atom. The summed E-state index contributed by atoms with van der Waals surface area (Å²) in [4.78, 5) is 2.31. The first-order chi connectivity index (χ1) is 6.22. The Morgan fingerprint density at radius 3 is 2.62 bits per heavy atom. The minimum absolute atomic E-state index is 0.592. The molecular formula is C10H22BrNO. The number of nitrogens with zero attached hydrogens (tertiary/aromatic N) is 1. The Balaban J connectivity index is 3.21. The number of halogens is 1. The van der Waals surface area contributed by atoms with Gasteiger partial charge < -0.3 is 9.64 Å². The largest absolute Gasteiger partial charge is 0.380 e. The molecule has 0 aliphatic heterocycles. The van der Waals surface area contributed by atoms with Crippen LogP contribution in [0, 0.1) is 0 Å². The molecule has 0 fully saturated rings. The van der Waals surface area contributed by atoms with Crippen LogP contribution in [0.25, 0.3) is 0 Å². The van der Waals surface area contributed by atoms with Crippen LogP contribution in [-0.4, -0.2) is 43.1 Å². The van der Waals surface area contributed by atoms with Gasteiger partial charge in [-0.05, 0) is 20.4 Å². The molecule has 1 unspecified atom stereocenters. The Morgan fingerprint density at radius 2 is 2.08 bits per heavy atom. The second kappa shape index (κ2) is 8.97. The molecule has 0 spiro atoms. The zero-order chi connectivity index (χ0) is 10.1. The summed E-state index contributed by atoms with van der Waals surface area (Å²) in [6, 6.07) is 0.592. The zero-order valence-electron chi connectivity index (χ0n) is 9.05. The first kappa shape index (κ1) is 13.4. The van der Waals surface area contributed by atoms with E-state index in [4.69, 9.17) is 4.74 Å². The van der Waals surface area contributed by atoms with E-state index in [0.29, 0.717) is 6.04 Å². The highest BCUT2D eigenvalue weighted by Crippen LogP contribution is 1.99. The molecule has 0 aromatic carbocycles. The Bertz CT molecular complexity index is 111. The molecular weight excluding hydrogens is 230 g/mol. The average Bonchev–Trinajstić information content (AvgIpc) is 2.16. The van der Waals surface area contributed by atoms with Gasteiger partial charge in [-0.15, -0.1) is 0 Å². The van der Waals surface area contributed by atoms with Crippen LogP contribution in [0.3, 0.4) is 0 Å². The van der Waals surface area contributed by atoms with E-state index in [0.717, 1.165) is 25.1 Å². The molecule has 0 aromatic heterocycles. The van der Waals surface area contributed by atoms with Crippen LogP contribution in [0.1, 0.15) is 26.7 Å². The highest BCUT2D eigenvalue weighted by atomic mass is 79.9. The van der Waals surface area contributed by atoms with Gasteiger partial charge >= 0.3 is 0 Å². The van der Waals surface area contributed by atoms with Crippen molar-refractivity contribution >= 4 is 15.9 Å². The van der Waals surface area contributed by atoms with Gasteiger partial charge in [-0.25, -0.2) is 0 Å². The number of hydrogen-bond donors (Lipinski definition) is 0. The summed E-state index contributed by atoms with van der Waals surface area (Å²) < 4.78 is 5.48. The van der Waals surface area contributed by atoms with Crippen LogP contribution >= 0.6 is 15.9 Å². The van der Waals surface area contributed by atoms with Crippen molar-refractivity contribution in [2.75, 3.05) is 32.1 Å². The molecule has 2 nitrogen and oxygen atoms in total. The third-order valence-corrected chi connectivity index (χ3v) is 3.14. The molecule has 0 N–H and O–H groups in total. The third-order valence-electron chi connectivity index (χ3n) is 2.21. The van der Waals surface area contributed by atoms with Gasteiger partial charge in [0.15, 0.2) is 0 Å². The van der Waals surface area contributed by atoms with Gasteiger partial charge in [-0.2, -0.15) is 0 Å². The van der Waals surface area contributed by atoms with E-state index in [2.05, 4.69) is 41.7 Å². The fourth-order valence-electron chi connectivity index (χ4n) is 0.895. The predicted molar refractivity (Wildman–Crippen MR) is 61.6 cm³/mol. The Hall–Kier alpha value is 0.400. The lowest BCUT2D eigenvalue weighted by molar-refractivity contribution is 0.102. The summed E-state index contributed by atoms with van der Waals surface area (Å²) in [5.74, 6) is 0. The molecule has 1 atom stereocenters. The molecule has 0 saturated carbocycles. The maximum absolute atomic E-state index is 5.48. The molecule has 0 aliphatic rings. The number of hydrogen-bond acceptors (Lipinski definition) is 2. The van der Waals surface area contributed by atoms with Crippen molar-refractivity contribution in [1.29, 1.82) is 0 Å². The summed E-state index contributed by atoms with van der Waals surface area (Å²) in [5, 5.41) is 1.03. The van der Waals surface area contributed by atoms with Gasteiger partial charge in [-0.1, -0.05) is 29.3 Å². The van der Waals surface area contributed by atoms with Crippen LogP contribution in [0.4, 0.5) is 0 Å². The Labute approximate surface area is 90.8 Å². The highest BCUT2D eigenvalue weighted by Gasteiger charge is 2.05. The van der Waals surface area contributed by atoms with Crippen molar-refractivity contribution in [2.24, 2.45) is 0 Å². The lowest BCUT2D eigenvalue weighted by atomic mass is 10.3. The maximum atomic E-state index is 5.48. The molecule has 0 aliphatic carbocycles. The quantitative estimate of drug-likeness (QED) is 0.486. The van der Waals surface area contributed by atoms with Crippen molar-refractivity contribution in [3.05, 3.63) is 0 Å². The van der Waals surface area contributed by atoms with Crippen molar-refractivity contribution < 1.29 is 4.74 Å². The highest BCUT2D eigenvalue weighted by molar-refractivity contribution is 9.09. The van der Waals surface area contributed by atoms with Crippen molar-refractivity contribution in [3.63, 3.8) is 0 Å². The van der Waals surface area contributed by atoms with Gasteiger partial charge in [0.25, 0.3) is 0 Å². The van der Waals surface area contributed by atoms with E-state index < -0.39 is 0 Å². The monoisotopic (exact) mass is 251 g/mol. The van der Waals surface area contributed by atoms with Gasteiger partial charge in [0.05, 0.1) is 6.61 Å². The summed E-state index contributed by atoms with van der Waals surface area (Å²) in [6.45, 7) is 7.18. The lowest BCUT2D eigenvalue weighted by Crippen LogP contribution is -2.33. The first-order valence-electron chi connectivity index (χ1n) is 5.06.